The van der Waals surface area contributed by atoms with Crippen LogP contribution in [0.4, 0.5) is 5.69 Å². The van der Waals surface area contributed by atoms with Gasteiger partial charge in [-0.15, -0.1) is 0 Å². The van der Waals surface area contributed by atoms with Gasteiger partial charge in [0.25, 0.3) is 0 Å². The second-order valence-electron chi connectivity index (χ2n) is 10.2. The number of hydrogen-bond donors (Lipinski definition) is 1. The molecule has 0 radical (unpaired) electrons. The summed E-state index contributed by atoms with van der Waals surface area (Å²) >= 11 is 0. The molecule has 0 amide bonds. The third-order valence-corrected chi connectivity index (χ3v) is 6.53. The Morgan fingerprint density at radius 3 is 2.34 bits per heavy atom. The van der Waals surface area contributed by atoms with Crippen LogP contribution in [-0.4, -0.2) is 24.6 Å². The van der Waals surface area contributed by atoms with Crippen molar-refractivity contribution in [2.45, 2.75) is 59.6 Å². The van der Waals surface area contributed by atoms with Crippen molar-refractivity contribution < 1.29 is 23.8 Å². The normalized spacial score (nSPS) is 13.6. The van der Waals surface area contributed by atoms with E-state index in [9.17, 15) is 9.59 Å². The molecule has 1 N–H and O–H groups in total. The molecule has 1 aliphatic rings. The van der Waals surface area contributed by atoms with Gasteiger partial charge in [0.15, 0.2) is 0 Å². The van der Waals surface area contributed by atoms with Crippen molar-refractivity contribution in [3.63, 3.8) is 0 Å². The van der Waals surface area contributed by atoms with E-state index in [2.05, 4.69) is 32.2 Å². The number of carbonyl (C=O) groups is 2. The summed E-state index contributed by atoms with van der Waals surface area (Å²) in [5.41, 5.74) is 6.99. The molecule has 6 nitrogen and oxygen atoms in total. The first-order chi connectivity index (χ1) is 18.1. The molecule has 0 aliphatic carbocycles. The van der Waals surface area contributed by atoms with Crippen LogP contribution in [0.1, 0.15) is 67.6 Å². The van der Waals surface area contributed by atoms with E-state index in [4.69, 9.17) is 14.2 Å². The van der Waals surface area contributed by atoms with E-state index in [1.807, 2.05) is 44.2 Å². The maximum atomic E-state index is 12.9. The summed E-state index contributed by atoms with van der Waals surface area (Å²) in [6.45, 7) is 10.3. The minimum atomic E-state index is -0.385. The van der Waals surface area contributed by atoms with Gasteiger partial charge < -0.3 is 19.5 Å². The second kappa shape index (κ2) is 11.1. The highest BCUT2D eigenvalue weighted by Crippen LogP contribution is 2.43. The van der Waals surface area contributed by atoms with Gasteiger partial charge in [0.1, 0.15) is 18.1 Å². The van der Waals surface area contributed by atoms with Gasteiger partial charge >= 0.3 is 11.9 Å². The number of aryl methyl sites for hydroxylation is 1. The first kappa shape index (κ1) is 27.0. The van der Waals surface area contributed by atoms with E-state index in [-0.39, 0.29) is 24.1 Å². The molecule has 0 saturated heterocycles. The summed E-state index contributed by atoms with van der Waals surface area (Å²) in [6.07, 6.45) is 3.24. The molecule has 3 aromatic carbocycles. The smallest absolute Gasteiger partial charge is 0.338 e. The highest BCUT2D eigenvalue weighted by molar-refractivity contribution is 5.91. The summed E-state index contributed by atoms with van der Waals surface area (Å²) in [5.74, 6) is 0.316. The van der Waals surface area contributed by atoms with Crippen LogP contribution in [0, 0.1) is 6.92 Å². The summed E-state index contributed by atoms with van der Waals surface area (Å²) in [5, 5.41) is 3.58. The van der Waals surface area contributed by atoms with Crippen molar-refractivity contribution in [1.82, 2.24) is 0 Å². The number of rotatable bonds is 8. The predicted molar refractivity (Wildman–Crippen MR) is 151 cm³/mol. The van der Waals surface area contributed by atoms with Crippen molar-refractivity contribution in [3.05, 3.63) is 82.9 Å². The minimum Gasteiger partial charge on any atom is -0.496 e. The SMILES string of the molecule is CCCC(=O)Oc1ccc(-c2ccc3c(c2COC(=O)c2ccc(C)cc2)C(C)=CC(C)(C)N3)c(OC)c1. The van der Waals surface area contributed by atoms with Crippen LogP contribution < -0.4 is 14.8 Å². The van der Waals surface area contributed by atoms with E-state index in [0.29, 0.717) is 29.9 Å². The van der Waals surface area contributed by atoms with Gasteiger partial charge in [-0.25, -0.2) is 4.79 Å². The number of hydrogen-bond acceptors (Lipinski definition) is 6. The predicted octanol–water partition coefficient (Wildman–Crippen LogP) is 7.34. The van der Waals surface area contributed by atoms with Crippen LogP contribution in [-0.2, 0) is 16.1 Å². The molecule has 3 aromatic rings. The van der Waals surface area contributed by atoms with Crippen molar-refractivity contribution >= 4 is 23.2 Å². The third-order valence-electron chi connectivity index (χ3n) is 6.53. The fourth-order valence-electron chi connectivity index (χ4n) is 4.86. The number of esters is 2. The number of fused-ring (bicyclic) bond motifs is 1. The van der Waals surface area contributed by atoms with Crippen LogP contribution in [0.3, 0.4) is 0 Å². The van der Waals surface area contributed by atoms with Gasteiger partial charge in [-0.1, -0.05) is 36.8 Å². The lowest BCUT2D eigenvalue weighted by atomic mass is 9.85. The Hall–Kier alpha value is -4.06. The van der Waals surface area contributed by atoms with E-state index >= 15 is 0 Å². The molecule has 0 saturated carbocycles. The molecular weight excluding hydrogens is 478 g/mol. The molecule has 4 rings (SSSR count). The van der Waals surface area contributed by atoms with Gasteiger partial charge in [0.05, 0.1) is 18.2 Å². The van der Waals surface area contributed by atoms with Crippen molar-refractivity contribution in [2.75, 3.05) is 12.4 Å². The maximum absolute atomic E-state index is 12.9. The number of nitrogens with one attached hydrogen (secondary N) is 1. The fraction of sp³-hybridized carbons (Fsp3) is 0.312. The molecule has 0 atom stereocenters. The topological polar surface area (TPSA) is 73.9 Å². The van der Waals surface area contributed by atoms with Crippen LogP contribution in [0.5, 0.6) is 11.5 Å². The van der Waals surface area contributed by atoms with Crippen molar-refractivity contribution in [2.24, 2.45) is 0 Å². The molecule has 1 aliphatic heterocycles. The van der Waals surface area contributed by atoms with E-state index in [1.165, 1.54) is 0 Å². The van der Waals surface area contributed by atoms with Crippen LogP contribution in [0.15, 0.2) is 60.7 Å². The lowest BCUT2D eigenvalue weighted by molar-refractivity contribution is -0.134. The highest BCUT2D eigenvalue weighted by Gasteiger charge is 2.27. The molecule has 0 bridgehead atoms. The Balaban J connectivity index is 1.76. The van der Waals surface area contributed by atoms with Gasteiger partial charge in [0.2, 0.25) is 0 Å². The molecular formula is C32H35NO5. The zero-order valence-corrected chi connectivity index (χ0v) is 22.9. The van der Waals surface area contributed by atoms with E-state index < -0.39 is 0 Å². The molecule has 6 heteroatoms. The van der Waals surface area contributed by atoms with Gasteiger partial charge in [0, 0.05) is 34.9 Å². The zero-order valence-electron chi connectivity index (χ0n) is 22.9. The monoisotopic (exact) mass is 513 g/mol. The summed E-state index contributed by atoms with van der Waals surface area (Å²) in [4.78, 5) is 25.0. The van der Waals surface area contributed by atoms with Crippen LogP contribution in [0.25, 0.3) is 16.7 Å². The molecule has 198 valence electrons. The second-order valence-corrected chi connectivity index (χ2v) is 10.2. The number of allylic oxidation sites excluding steroid dienone is 1. The lowest BCUT2D eigenvalue weighted by Crippen LogP contribution is -2.32. The zero-order chi connectivity index (χ0) is 27.4. The highest BCUT2D eigenvalue weighted by atomic mass is 16.5. The van der Waals surface area contributed by atoms with Crippen LogP contribution in [0.2, 0.25) is 0 Å². The van der Waals surface area contributed by atoms with E-state index in [0.717, 1.165) is 39.1 Å². The first-order valence-electron chi connectivity index (χ1n) is 12.9. The Bertz CT molecular complexity index is 1390. The number of methoxy groups -OCH3 is 1. The lowest BCUT2D eigenvalue weighted by Gasteiger charge is -2.33. The molecule has 1 heterocycles. The number of ether oxygens (including phenoxy) is 3. The Morgan fingerprint density at radius 2 is 1.66 bits per heavy atom. The van der Waals surface area contributed by atoms with Crippen LogP contribution >= 0.6 is 0 Å². The third kappa shape index (κ3) is 5.91. The molecule has 38 heavy (non-hydrogen) atoms. The molecule has 0 unspecified atom stereocenters. The Kier molecular flexibility index (Phi) is 7.91. The molecule has 0 fully saturated rings. The number of carbonyl (C=O) groups excluding carboxylic acids is 2. The Labute approximate surface area is 224 Å². The molecule has 0 spiro atoms. The summed E-state index contributed by atoms with van der Waals surface area (Å²) in [7, 11) is 1.58. The number of anilines is 1. The minimum absolute atomic E-state index is 0.0783. The average molecular weight is 514 g/mol. The fourth-order valence-corrected chi connectivity index (χ4v) is 4.86. The van der Waals surface area contributed by atoms with Gasteiger partial charge in [-0.3, -0.25) is 4.79 Å². The Morgan fingerprint density at radius 1 is 0.947 bits per heavy atom. The first-order valence-corrected chi connectivity index (χ1v) is 12.9. The van der Waals surface area contributed by atoms with E-state index in [1.54, 1.807) is 31.4 Å². The average Bonchev–Trinajstić information content (AvgIpc) is 2.86. The maximum Gasteiger partial charge on any atom is 0.338 e. The summed E-state index contributed by atoms with van der Waals surface area (Å²) in [6, 6.07) is 16.7. The van der Waals surface area contributed by atoms with Gasteiger partial charge in [-0.2, -0.15) is 0 Å². The standard InChI is InChI=1S/C32H35NO5/c1-7-8-29(34)38-23-13-14-25(28(17-23)36-6)24-15-16-27-30(21(3)18-32(4,5)33-27)26(24)19-37-31(35)22-11-9-20(2)10-12-22/h9-18,33H,7-8,19H2,1-6H3. The van der Waals surface area contributed by atoms with Crippen molar-refractivity contribution in [3.8, 4) is 22.6 Å². The van der Waals surface area contributed by atoms with Crippen molar-refractivity contribution in [1.29, 1.82) is 0 Å². The quantitative estimate of drug-likeness (QED) is 0.251. The van der Waals surface area contributed by atoms with Gasteiger partial charge in [-0.05, 0) is 75.6 Å². The largest absolute Gasteiger partial charge is 0.496 e. The number of benzene rings is 3. The summed E-state index contributed by atoms with van der Waals surface area (Å²) < 4.78 is 17.1. The molecule has 0 aromatic heterocycles.